The van der Waals surface area contributed by atoms with Gasteiger partial charge in [-0.3, -0.25) is 14.4 Å². The van der Waals surface area contributed by atoms with Crippen molar-refractivity contribution in [3.8, 4) is 0 Å². The number of aryl methyl sites for hydroxylation is 1. The van der Waals surface area contributed by atoms with E-state index in [9.17, 15) is 28.0 Å². The number of aromatic nitrogens is 1. The maximum Gasteiger partial charge on any atom is 0.408 e. The molecule has 10 nitrogen and oxygen atoms in total. The van der Waals surface area contributed by atoms with Gasteiger partial charge in [-0.1, -0.05) is 69.8 Å². The second kappa shape index (κ2) is 14.9. The summed E-state index contributed by atoms with van der Waals surface area (Å²) >= 11 is 12.8. The number of benzene rings is 2. The number of nitrogens with one attached hydrogen (secondary N) is 4. The molecule has 1 aromatic heterocycles. The van der Waals surface area contributed by atoms with Crippen molar-refractivity contribution in [2.45, 2.75) is 84.0 Å². The third kappa shape index (κ3) is 7.81. The molecule has 6 N–H and O–H groups in total. The molecule has 3 aromatic rings. The quantitative estimate of drug-likeness (QED) is 0.171. The van der Waals surface area contributed by atoms with Gasteiger partial charge in [-0.25, -0.2) is 13.6 Å². The van der Waals surface area contributed by atoms with Crippen LogP contribution in [0.1, 0.15) is 63.8 Å². The third-order valence-corrected chi connectivity index (χ3v) is 9.60. The highest BCUT2D eigenvalue weighted by molar-refractivity contribution is 6.38. The van der Waals surface area contributed by atoms with Crippen molar-refractivity contribution < 1.29 is 32.7 Å². The molecule has 254 valence electrons. The van der Waals surface area contributed by atoms with Crippen LogP contribution in [0.25, 0.3) is 10.9 Å². The number of H-pyrrole nitrogens is 1. The minimum Gasteiger partial charge on any atom is -0.444 e. The number of aromatic amines is 1. The fourth-order valence-electron chi connectivity index (χ4n) is 5.83. The lowest BCUT2D eigenvalue weighted by Crippen LogP contribution is -2.67. The Morgan fingerprint density at radius 1 is 1.02 bits per heavy atom. The summed E-state index contributed by atoms with van der Waals surface area (Å²) in [6.07, 6.45) is 0.382. The Morgan fingerprint density at radius 3 is 2.28 bits per heavy atom. The van der Waals surface area contributed by atoms with Crippen molar-refractivity contribution in [1.29, 1.82) is 0 Å². The van der Waals surface area contributed by atoms with E-state index in [4.69, 9.17) is 33.7 Å². The van der Waals surface area contributed by atoms with Crippen LogP contribution >= 0.6 is 23.2 Å². The number of amides is 4. The van der Waals surface area contributed by atoms with Crippen LogP contribution in [-0.4, -0.2) is 46.4 Å². The van der Waals surface area contributed by atoms with Crippen LogP contribution in [0.4, 0.5) is 13.6 Å². The molecule has 0 fully saturated rings. The van der Waals surface area contributed by atoms with Gasteiger partial charge in [0.15, 0.2) is 0 Å². The minimum atomic E-state index is -1.58. The lowest BCUT2D eigenvalue weighted by molar-refractivity contribution is -0.137. The summed E-state index contributed by atoms with van der Waals surface area (Å²) in [5.41, 5.74) is 5.81. The fraction of sp³-hybridized carbons (Fsp3) is 0.455. The van der Waals surface area contributed by atoms with Gasteiger partial charge in [0.1, 0.15) is 35.9 Å². The van der Waals surface area contributed by atoms with Gasteiger partial charge in [0.05, 0.1) is 16.1 Å². The summed E-state index contributed by atoms with van der Waals surface area (Å²) in [5, 5.41) is 9.63. The van der Waals surface area contributed by atoms with E-state index in [2.05, 4.69) is 20.9 Å². The molecule has 0 saturated carbocycles. The zero-order valence-corrected chi connectivity index (χ0v) is 28.1. The Kier molecular flexibility index (Phi) is 11.4. The van der Waals surface area contributed by atoms with E-state index in [-0.39, 0.29) is 18.8 Å². The number of carbonyl (C=O) groups is 4. The van der Waals surface area contributed by atoms with E-state index in [0.29, 0.717) is 45.8 Å². The number of fused-ring (bicyclic) bond motifs is 3. The first kappa shape index (κ1) is 35.9. The van der Waals surface area contributed by atoms with Gasteiger partial charge in [-0.05, 0) is 54.5 Å². The largest absolute Gasteiger partial charge is 0.444 e. The van der Waals surface area contributed by atoms with Crippen molar-refractivity contribution >= 4 is 57.9 Å². The monoisotopic (exact) mass is 693 g/mol. The van der Waals surface area contributed by atoms with Gasteiger partial charge in [0.25, 0.3) is 0 Å². The van der Waals surface area contributed by atoms with Gasteiger partial charge in [-0.15, -0.1) is 0 Å². The zero-order valence-electron chi connectivity index (χ0n) is 26.6. The van der Waals surface area contributed by atoms with Crippen molar-refractivity contribution in [3.05, 3.63) is 68.8 Å². The average Bonchev–Trinajstić information content (AvgIpc) is 3.38. The van der Waals surface area contributed by atoms with Crippen molar-refractivity contribution in [3.63, 3.8) is 0 Å². The molecule has 14 heteroatoms. The van der Waals surface area contributed by atoms with E-state index in [0.717, 1.165) is 17.8 Å². The van der Waals surface area contributed by atoms with Crippen LogP contribution in [-0.2, 0) is 38.6 Å². The molecule has 5 atom stereocenters. The van der Waals surface area contributed by atoms with E-state index >= 15 is 0 Å². The second-order valence-electron chi connectivity index (χ2n) is 12.2. The normalized spacial score (nSPS) is 18.4. The third-order valence-electron chi connectivity index (χ3n) is 9.08. The molecule has 2 unspecified atom stereocenters. The van der Waals surface area contributed by atoms with Gasteiger partial charge in [0.2, 0.25) is 17.7 Å². The number of rotatable bonds is 12. The Morgan fingerprint density at radius 2 is 1.66 bits per heavy atom. The molecular weight excluding hydrogens is 655 g/mol. The Labute approximate surface area is 281 Å². The second-order valence-corrected chi connectivity index (χ2v) is 13.0. The van der Waals surface area contributed by atoms with Crippen LogP contribution in [0.5, 0.6) is 0 Å². The van der Waals surface area contributed by atoms with Crippen LogP contribution in [0.3, 0.4) is 0 Å². The molecule has 0 aliphatic heterocycles. The smallest absolute Gasteiger partial charge is 0.408 e. The SMILES string of the molecule is CC[C@H](C)C(NC(=O)[C@@]1(NC(=O)C(NC(=O)OCc2c(F)cccc2F)[C@@H](C)CC)CCc2[nH]c3c(Cl)cc(Cl)cc3c2C1)C(N)=O. The van der Waals surface area contributed by atoms with E-state index in [1.54, 1.807) is 26.0 Å². The first-order chi connectivity index (χ1) is 22.2. The highest BCUT2D eigenvalue weighted by Crippen LogP contribution is 2.38. The van der Waals surface area contributed by atoms with Crippen LogP contribution in [0, 0.1) is 23.5 Å². The lowest BCUT2D eigenvalue weighted by atomic mass is 9.78. The zero-order chi connectivity index (χ0) is 34.6. The summed E-state index contributed by atoms with van der Waals surface area (Å²) in [7, 11) is 0. The number of hydrogen-bond donors (Lipinski definition) is 5. The number of hydrogen-bond acceptors (Lipinski definition) is 5. The number of carbonyl (C=O) groups excluding carboxylic acids is 4. The molecule has 1 aliphatic rings. The standard InChI is InChI=1S/C33H39Cl2F2N5O5/c1-5-16(3)26(29(38)43)40-31(45)33(11-10-25-20(14-33)19-12-18(34)13-22(35)28(19)39-25)42-30(44)27(17(4)6-2)41-32(46)47-15-21-23(36)8-7-9-24(21)37/h7-9,12-13,16-17,26-27,39H,5-6,10-11,14-15H2,1-4H3,(H2,38,43)(H,40,45)(H,41,46)(H,42,44)/t16-,17-,26?,27?,33+/m0/s1. The molecule has 4 rings (SSSR count). The average molecular weight is 695 g/mol. The number of halogens is 4. The van der Waals surface area contributed by atoms with Gasteiger partial charge in [-0.2, -0.15) is 0 Å². The topological polar surface area (TPSA) is 155 Å². The van der Waals surface area contributed by atoms with Crippen molar-refractivity contribution in [2.24, 2.45) is 17.6 Å². The molecule has 2 aromatic carbocycles. The molecular formula is C33H39Cl2F2N5O5. The summed E-state index contributed by atoms with van der Waals surface area (Å²) in [6.45, 7) is 6.47. The molecule has 4 amide bonds. The summed E-state index contributed by atoms with van der Waals surface area (Å²) in [5.74, 6) is -4.54. The van der Waals surface area contributed by atoms with Crippen LogP contribution in [0.15, 0.2) is 30.3 Å². The highest BCUT2D eigenvalue weighted by Gasteiger charge is 2.47. The van der Waals surface area contributed by atoms with Crippen LogP contribution < -0.4 is 21.7 Å². The van der Waals surface area contributed by atoms with E-state index in [1.165, 1.54) is 6.07 Å². The molecule has 0 bridgehead atoms. The molecule has 0 saturated heterocycles. The molecule has 47 heavy (non-hydrogen) atoms. The van der Waals surface area contributed by atoms with Gasteiger partial charge in [0, 0.05) is 22.5 Å². The van der Waals surface area contributed by atoms with Crippen molar-refractivity contribution in [2.75, 3.05) is 0 Å². The van der Waals surface area contributed by atoms with Crippen LogP contribution in [0.2, 0.25) is 10.0 Å². The highest BCUT2D eigenvalue weighted by atomic mass is 35.5. The number of alkyl carbamates (subject to hydrolysis) is 1. The number of ether oxygens (including phenoxy) is 1. The Balaban J connectivity index is 1.66. The predicted octanol–water partition coefficient (Wildman–Crippen LogP) is 5.45. The summed E-state index contributed by atoms with van der Waals surface area (Å²) < 4.78 is 33.3. The first-order valence-corrected chi connectivity index (χ1v) is 16.2. The predicted molar refractivity (Wildman–Crippen MR) is 175 cm³/mol. The van der Waals surface area contributed by atoms with E-state index < -0.39 is 71.2 Å². The van der Waals surface area contributed by atoms with Crippen molar-refractivity contribution in [1.82, 2.24) is 20.9 Å². The molecule has 1 heterocycles. The van der Waals surface area contributed by atoms with Gasteiger partial charge < -0.3 is 31.4 Å². The Bertz CT molecular complexity index is 1660. The number of primary amides is 1. The molecule has 1 aliphatic carbocycles. The maximum atomic E-state index is 14.2. The maximum absolute atomic E-state index is 14.2. The molecule has 0 spiro atoms. The number of nitrogens with two attached hydrogens (primary N) is 1. The summed E-state index contributed by atoms with van der Waals surface area (Å²) in [4.78, 5) is 56.8. The molecule has 0 radical (unpaired) electrons. The first-order valence-electron chi connectivity index (χ1n) is 15.5. The minimum absolute atomic E-state index is 0.00674. The van der Waals surface area contributed by atoms with E-state index in [1.807, 2.05) is 13.8 Å². The fourth-order valence-corrected chi connectivity index (χ4v) is 6.37. The van der Waals surface area contributed by atoms with Gasteiger partial charge >= 0.3 is 6.09 Å². The summed E-state index contributed by atoms with van der Waals surface area (Å²) in [6, 6.07) is 4.37. The lowest BCUT2D eigenvalue weighted by Gasteiger charge is -2.39. The Hall–Kier alpha value is -3.90.